The molecule has 0 spiro atoms. The summed E-state index contributed by atoms with van der Waals surface area (Å²) in [5.41, 5.74) is 6.55. The van der Waals surface area contributed by atoms with Gasteiger partial charge in [-0.15, -0.1) is 0 Å². The summed E-state index contributed by atoms with van der Waals surface area (Å²) in [6.45, 7) is 1.86. The van der Waals surface area contributed by atoms with Crippen molar-refractivity contribution in [1.29, 1.82) is 0 Å². The molecule has 0 unspecified atom stereocenters. The van der Waals surface area contributed by atoms with Crippen LogP contribution in [0.5, 0.6) is 5.75 Å². The minimum absolute atomic E-state index is 0. The fraction of sp³-hybridized carbons (Fsp3) is 0.143. The smallest absolute Gasteiger partial charge is 0.871 e. The average Bonchev–Trinajstić information content (AvgIpc) is 1.80. The van der Waals surface area contributed by atoms with Gasteiger partial charge in [0.2, 0.25) is 0 Å². The Hall–Kier alpha value is -0.583. The molecule has 2 nitrogen and oxygen atoms in total. The molecule has 3 heteroatoms. The van der Waals surface area contributed by atoms with Crippen LogP contribution >= 0.6 is 0 Å². The Morgan fingerprint density at radius 3 is 2.40 bits per heavy atom. The molecule has 0 aliphatic rings. The molecule has 0 aliphatic heterocycles. The zero-order valence-electron chi connectivity index (χ0n) is 6.22. The van der Waals surface area contributed by atoms with E-state index in [1.165, 1.54) is 6.07 Å². The van der Waals surface area contributed by atoms with Gasteiger partial charge in [0, 0.05) is 5.69 Å². The molecule has 0 fully saturated rings. The summed E-state index contributed by atoms with van der Waals surface area (Å²) >= 11 is 0. The van der Waals surface area contributed by atoms with Crippen LogP contribution in [0.4, 0.5) is 5.69 Å². The quantitative estimate of drug-likeness (QED) is 0.315. The molecule has 0 amide bonds. The molecule has 0 saturated carbocycles. The van der Waals surface area contributed by atoms with Crippen LogP contribution in [0.1, 0.15) is 5.56 Å². The van der Waals surface area contributed by atoms with Crippen LogP contribution in [-0.2, 0) is 0 Å². The summed E-state index contributed by atoms with van der Waals surface area (Å²) in [6, 6.07) is 4.96. The van der Waals surface area contributed by atoms with Crippen LogP contribution in [-0.4, -0.2) is 0 Å². The van der Waals surface area contributed by atoms with E-state index in [0.29, 0.717) is 5.69 Å². The first kappa shape index (κ1) is 9.42. The van der Waals surface area contributed by atoms with Crippen molar-refractivity contribution < 1.29 is 24.0 Å². The van der Waals surface area contributed by atoms with E-state index >= 15 is 0 Å². The van der Waals surface area contributed by atoms with E-state index in [-0.39, 0.29) is 24.6 Å². The standard InChI is InChI=1S/C7H9NO.Li/c1-5-2-3-6(8)7(9)4-5;/h2-4,9H,8H2,1H3;/q;+1/p-1. The third kappa shape index (κ3) is 1.98. The Morgan fingerprint density at radius 1 is 1.40 bits per heavy atom. The summed E-state index contributed by atoms with van der Waals surface area (Å²) in [6.07, 6.45) is 0. The first-order chi connectivity index (χ1) is 4.20. The zero-order chi connectivity index (χ0) is 6.85. The molecule has 1 rings (SSSR count). The molecule has 0 bridgehead atoms. The van der Waals surface area contributed by atoms with Crippen molar-refractivity contribution in [2.45, 2.75) is 6.92 Å². The maximum atomic E-state index is 10.7. The van der Waals surface area contributed by atoms with Crippen molar-refractivity contribution in [3.8, 4) is 5.75 Å². The van der Waals surface area contributed by atoms with Crippen LogP contribution in [0.3, 0.4) is 0 Å². The SMILES string of the molecule is Cc1ccc(N)c([O-])c1.[Li+]. The monoisotopic (exact) mass is 129 g/mol. The third-order valence-corrected chi connectivity index (χ3v) is 1.17. The number of hydrogen-bond donors (Lipinski definition) is 1. The van der Waals surface area contributed by atoms with E-state index in [1.807, 2.05) is 13.0 Å². The Kier molecular flexibility index (Phi) is 3.35. The molecule has 0 aromatic heterocycles. The van der Waals surface area contributed by atoms with Gasteiger partial charge in [-0.1, -0.05) is 23.4 Å². The van der Waals surface area contributed by atoms with Crippen molar-refractivity contribution in [3.63, 3.8) is 0 Å². The topological polar surface area (TPSA) is 49.1 Å². The molecule has 0 heterocycles. The summed E-state index contributed by atoms with van der Waals surface area (Å²) in [4.78, 5) is 0. The largest absolute Gasteiger partial charge is 1.00 e. The van der Waals surface area contributed by atoms with Gasteiger partial charge in [0.05, 0.1) is 0 Å². The van der Waals surface area contributed by atoms with Crippen molar-refractivity contribution >= 4 is 5.69 Å². The number of nitrogens with two attached hydrogens (primary N) is 1. The predicted octanol–water partition coefficient (Wildman–Crippen LogP) is -2.35. The van der Waals surface area contributed by atoms with Crippen LogP contribution in [0.2, 0.25) is 0 Å². The molecule has 0 atom stereocenters. The Morgan fingerprint density at radius 2 is 2.00 bits per heavy atom. The molecule has 2 N–H and O–H groups in total. The summed E-state index contributed by atoms with van der Waals surface area (Å²) in [7, 11) is 0. The minimum Gasteiger partial charge on any atom is -0.871 e. The summed E-state index contributed by atoms with van der Waals surface area (Å²) in [5, 5.41) is 10.7. The first-order valence-corrected chi connectivity index (χ1v) is 2.73. The summed E-state index contributed by atoms with van der Waals surface area (Å²) < 4.78 is 0. The van der Waals surface area contributed by atoms with E-state index in [2.05, 4.69) is 0 Å². The number of rotatable bonds is 0. The number of benzene rings is 1. The predicted molar refractivity (Wildman–Crippen MR) is 35.0 cm³/mol. The zero-order valence-corrected chi connectivity index (χ0v) is 6.22. The number of aryl methyl sites for hydroxylation is 1. The Balaban J connectivity index is 0.000000810. The average molecular weight is 129 g/mol. The van der Waals surface area contributed by atoms with Gasteiger partial charge in [-0.2, -0.15) is 0 Å². The molecule has 0 radical (unpaired) electrons. The maximum absolute atomic E-state index is 10.7. The molecule has 1 aromatic carbocycles. The van der Waals surface area contributed by atoms with Crippen LogP contribution in [0, 0.1) is 6.92 Å². The van der Waals surface area contributed by atoms with Crippen molar-refractivity contribution in [2.24, 2.45) is 0 Å². The van der Waals surface area contributed by atoms with Gasteiger partial charge in [-0.05, 0) is 13.0 Å². The fourth-order valence-electron chi connectivity index (χ4n) is 0.642. The number of nitrogen functional groups attached to an aromatic ring is 1. The third-order valence-electron chi connectivity index (χ3n) is 1.17. The molecule has 0 aliphatic carbocycles. The second kappa shape index (κ2) is 3.55. The second-order valence-electron chi connectivity index (χ2n) is 2.04. The van der Waals surface area contributed by atoms with Gasteiger partial charge in [0.15, 0.2) is 0 Å². The number of hydrogen-bond acceptors (Lipinski definition) is 2. The molecular formula is C7H8LiNO. The molecule has 1 aromatic rings. The van der Waals surface area contributed by atoms with Crippen molar-refractivity contribution in [3.05, 3.63) is 23.8 Å². The van der Waals surface area contributed by atoms with E-state index in [9.17, 15) is 5.11 Å². The van der Waals surface area contributed by atoms with E-state index in [4.69, 9.17) is 5.73 Å². The van der Waals surface area contributed by atoms with Gasteiger partial charge < -0.3 is 10.8 Å². The molecular weight excluding hydrogens is 121 g/mol. The van der Waals surface area contributed by atoms with E-state index in [1.54, 1.807) is 6.07 Å². The van der Waals surface area contributed by atoms with Crippen LogP contribution in [0.15, 0.2) is 18.2 Å². The fourth-order valence-corrected chi connectivity index (χ4v) is 0.642. The van der Waals surface area contributed by atoms with Crippen molar-refractivity contribution in [2.75, 3.05) is 5.73 Å². The van der Waals surface area contributed by atoms with Gasteiger partial charge >= 0.3 is 18.9 Å². The van der Waals surface area contributed by atoms with E-state index in [0.717, 1.165) is 5.56 Å². The molecule has 48 valence electrons. The first-order valence-electron chi connectivity index (χ1n) is 2.73. The van der Waals surface area contributed by atoms with Crippen molar-refractivity contribution in [1.82, 2.24) is 0 Å². The van der Waals surface area contributed by atoms with Gasteiger partial charge in [-0.3, -0.25) is 0 Å². The second-order valence-corrected chi connectivity index (χ2v) is 2.04. The van der Waals surface area contributed by atoms with Crippen LogP contribution in [0.25, 0.3) is 0 Å². The van der Waals surface area contributed by atoms with Gasteiger partial charge in [-0.25, -0.2) is 0 Å². The summed E-state index contributed by atoms with van der Waals surface area (Å²) in [5.74, 6) is -0.0880. The van der Waals surface area contributed by atoms with Crippen LogP contribution < -0.4 is 29.7 Å². The van der Waals surface area contributed by atoms with Gasteiger partial charge in [0.25, 0.3) is 0 Å². The van der Waals surface area contributed by atoms with Gasteiger partial charge in [0.1, 0.15) is 0 Å². The Bertz CT molecular complexity index is 225. The number of anilines is 1. The Labute approximate surface area is 72.2 Å². The minimum atomic E-state index is -0.0880. The molecule has 0 saturated heterocycles. The maximum Gasteiger partial charge on any atom is 1.00 e. The van der Waals surface area contributed by atoms with E-state index < -0.39 is 0 Å². The molecule has 10 heavy (non-hydrogen) atoms. The normalized spacial score (nSPS) is 8.50.